The molecule has 0 amide bonds. The van der Waals surface area contributed by atoms with Crippen LogP contribution in [-0.2, 0) is 10.0 Å². The zero-order valence-corrected chi connectivity index (χ0v) is 21.9. The standard InChI is InChI=1S/C24H31ClN6O4S/c1-34-22-11-23(35-2)18(25)9-16(22)20-14-30-13-17(19(27)12-26)21(10-24(30)28-20)29-5-7-31(8-6-29)36(32,33)15-3-4-15/h9-11,13-15,19H,3-8,12,26-27H2,1-2H3. The Morgan fingerprint density at radius 2 is 1.78 bits per heavy atom. The molecule has 36 heavy (non-hydrogen) atoms. The molecule has 3 heterocycles. The maximum Gasteiger partial charge on any atom is 0.217 e. The predicted octanol–water partition coefficient (Wildman–Crippen LogP) is 2.24. The minimum atomic E-state index is -3.19. The van der Waals surface area contributed by atoms with E-state index in [4.69, 9.17) is 37.5 Å². The molecule has 10 nitrogen and oxygen atoms in total. The zero-order valence-electron chi connectivity index (χ0n) is 20.4. The summed E-state index contributed by atoms with van der Waals surface area (Å²) in [5.74, 6) is 1.11. The maximum atomic E-state index is 12.7. The van der Waals surface area contributed by atoms with Crippen LogP contribution in [0.1, 0.15) is 24.4 Å². The highest BCUT2D eigenvalue weighted by atomic mass is 35.5. The highest BCUT2D eigenvalue weighted by Crippen LogP contribution is 2.39. The lowest BCUT2D eigenvalue weighted by Gasteiger charge is -2.37. The number of benzene rings is 1. The van der Waals surface area contributed by atoms with E-state index in [1.54, 1.807) is 30.7 Å². The van der Waals surface area contributed by atoms with E-state index >= 15 is 0 Å². The number of nitrogens with zero attached hydrogens (tertiary/aromatic N) is 4. The van der Waals surface area contributed by atoms with Crippen molar-refractivity contribution in [2.45, 2.75) is 24.1 Å². The van der Waals surface area contributed by atoms with Crippen LogP contribution in [0.3, 0.4) is 0 Å². The second-order valence-corrected chi connectivity index (χ2v) is 11.8. The number of rotatable bonds is 8. The molecule has 0 radical (unpaired) electrons. The molecule has 4 N–H and O–H groups in total. The highest BCUT2D eigenvalue weighted by molar-refractivity contribution is 7.90. The topological polar surface area (TPSA) is 128 Å². The molecule has 3 aromatic rings. The van der Waals surface area contributed by atoms with E-state index in [0.29, 0.717) is 48.4 Å². The molecule has 194 valence electrons. The fraction of sp³-hybridized carbons (Fsp3) is 0.458. The number of hydrogen-bond donors (Lipinski definition) is 2. The molecule has 2 aliphatic rings. The number of aromatic nitrogens is 2. The monoisotopic (exact) mass is 534 g/mol. The van der Waals surface area contributed by atoms with Crippen molar-refractivity contribution in [3.8, 4) is 22.8 Å². The van der Waals surface area contributed by atoms with Crippen molar-refractivity contribution in [1.82, 2.24) is 13.7 Å². The van der Waals surface area contributed by atoms with Gasteiger partial charge in [-0.25, -0.2) is 13.4 Å². The summed E-state index contributed by atoms with van der Waals surface area (Å²) < 4.78 is 39.7. The Hall–Kier alpha value is -2.57. The van der Waals surface area contributed by atoms with E-state index in [9.17, 15) is 8.42 Å². The molecule has 2 aromatic heterocycles. The van der Waals surface area contributed by atoms with Gasteiger partial charge in [-0.15, -0.1) is 0 Å². The summed E-state index contributed by atoms with van der Waals surface area (Å²) in [5, 5.41) is 0.254. The van der Waals surface area contributed by atoms with Crippen molar-refractivity contribution < 1.29 is 17.9 Å². The number of fused-ring (bicyclic) bond motifs is 1. The van der Waals surface area contributed by atoms with Crippen LogP contribution < -0.4 is 25.8 Å². The number of ether oxygens (including phenoxy) is 2. The molecule has 1 saturated carbocycles. The number of nitrogens with two attached hydrogens (primary N) is 2. The number of imidazole rings is 1. The van der Waals surface area contributed by atoms with E-state index in [-0.39, 0.29) is 17.8 Å². The number of pyridine rings is 1. The highest BCUT2D eigenvalue weighted by Gasteiger charge is 2.41. The molecule has 1 aliphatic heterocycles. The first-order valence-corrected chi connectivity index (χ1v) is 13.8. The van der Waals surface area contributed by atoms with Crippen molar-refractivity contribution in [3.05, 3.63) is 41.2 Å². The maximum absolute atomic E-state index is 12.7. The van der Waals surface area contributed by atoms with Crippen LogP contribution in [0.4, 0.5) is 5.69 Å². The summed E-state index contributed by atoms with van der Waals surface area (Å²) in [6.45, 7) is 2.31. The SMILES string of the molecule is COc1cc(OC)c(-c2cn3cc(C(N)CN)c(N4CCN(S(=O)(=O)C5CC5)CC4)cc3n2)cc1Cl. The van der Waals surface area contributed by atoms with Gasteiger partial charge >= 0.3 is 0 Å². The van der Waals surface area contributed by atoms with Crippen molar-refractivity contribution in [1.29, 1.82) is 0 Å². The molecule has 1 atom stereocenters. The van der Waals surface area contributed by atoms with Gasteiger partial charge in [-0.05, 0) is 18.9 Å². The smallest absolute Gasteiger partial charge is 0.217 e. The lowest BCUT2D eigenvalue weighted by Crippen LogP contribution is -2.50. The molecule has 0 bridgehead atoms. The van der Waals surface area contributed by atoms with Crippen molar-refractivity contribution in [2.75, 3.05) is 51.8 Å². The number of hydrogen-bond acceptors (Lipinski definition) is 8. The number of sulfonamides is 1. The average Bonchev–Trinajstić information content (AvgIpc) is 3.68. The molecule has 5 rings (SSSR count). The number of anilines is 1. The van der Waals surface area contributed by atoms with E-state index < -0.39 is 10.0 Å². The van der Waals surface area contributed by atoms with E-state index in [0.717, 1.165) is 35.3 Å². The largest absolute Gasteiger partial charge is 0.496 e. The first-order chi connectivity index (χ1) is 17.3. The Labute approximate surface area is 215 Å². The van der Waals surface area contributed by atoms with Crippen LogP contribution in [-0.4, -0.2) is 74.3 Å². The van der Waals surface area contributed by atoms with Crippen molar-refractivity contribution >= 4 is 33.0 Å². The number of methoxy groups -OCH3 is 2. The first kappa shape index (κ1) is 25.1. The number of piperazine rings is 1. The third-order valence-corrected chi connectivity index (χ3v) is 9.58. The molecule has 2 fully saturated rings. The van der Waals surface area contributed by atoms with Gasteiger partial charge < -0.3 is 30.2 Å². The van der Waals surface area contributed by atoms with Gasteiger partial charge in [0.1, 0.15) is 17.1 Å². The van der Waals surface area contributed by atoms with Gasteiger partial charge in [0.15, 0.2) is 0 Å². The minimum Gasteiger partial charge on any atom is -0.496 e. The Morgan fingerprint density at radius 1 is 1.08 bits per heavy atom. The zero-order chi connectivity index (χ0) is 25.6. The van der Waals surface area contributed by atoms with Crippen LogP contribution in [0.15, 0.2) is 30.6 Å². The van der Waals surface area contributed by atoms with Crippen LogP contribution in [0.5, 0.6) is 11.5 Å². The predicted molar refractivity (Wildman–Crippen MR) is 140 cm³/mol. The summed E-state index contributed by atoms with van der Waals surface area (Å²) in [4.78, 5) is 7.00. The van der Waals surface area contributed by atoms with Gasteiger partial charge in [0.05, 0.1) is 30.2 Å². The Morgan fingerprint density at radius 3 is 2.39 bits per heavy atom. The quantitative estimate of drug-likeness (QED) is 0.450. The van der Waals surface area contributed by atoms with Gasteiger partial charge in [-0.2, -0.15) is 4.31 Å². The summed E-state index contributed by atoms with van der Waals surface area (Å²) in [6, 6.07) is 5.11. The van der Waals surface area contributed by atoms with Gasteiger partial charge in [0.25, 0.3) is 0 Å². The van der Waals surface area contributed by atoms with Gasteiger partial charge in [-0.1, -0.05) is 11.6 Å². The molecule has 0 spiro atoms. The third-order valence-electron chi connectivity index (χ3n) is 6.89. The van der Waals surface area contributed by atoms with E-state index in [1.165, 1.54) is 0 Å². The van der Waals surface area contributed by atoms with Crippen LogP contribution in [0, 0.1) is 0 Å². The third kappa shape index (κ3) is 4.50. The van der Waals surface area contributed by atoms with Crippen LogP contribution in [0.25, 0.3) is 16.9 Å². The lowest BCUT2D eigenvalue weighted by atomic mass is 10.1. The fourth-order valence-electron chi connectivity index (χ4n) is 4.68. The van der Waals surface area contributed by atoms with Crippen LogP contribution in [0.2, 0.25) is 5.02 Å². The molecule has 1 aromatic carbocycles. The van der Waals surface area contributed by atoms with E-state index in [2.05, 4.69) is 4.90 Å². The Balaban J connectivity index is 1.50. The normalized spacial score (nSPS) is 18.0. The number of halogens is 1. The molecule has 1 unspecified atom stereocenters. The van der Waals surface area contributed by atoms with Crippen LogP contribution >= 0.6 is 11.6 Å². The minimum absolute atomic E-state index is 0.201. The van der Waals surface area contributed by atoms with Gasteiger partial charge in [0.2, 0.25) is 10.0 Å². The Kier molecular flexibility index (Phi) is 6.77. The summed E-state index contributed by atoms with van der Waals surface area (Å²) in [5.41, 5.74) is 16.3. The molecular formula is C24H31ClN6O4S. The second-order valence-electron chi connectivity index (χ2n) is 9.17. The average molecular weight is 535 g/mol. The first-order valence-electron chi connectivity index (χ1n) is 11.9. The summed E-state index contributed by atoms with van der Waals surface area (Å²) in [6.07, 6.45) is 5.37. The van der Waals surface area contributed by atoms with Gasteiger partial charge in [0, 0.05) is 80.1 Å². The summed E-state index contributed by atoms with van der Waals surface area (Å²) in [7, 11) is -0.0523. The van der Waals surface area contributed by atoms with Crippen molar-refractivity contribution in [3.63, 3.8) is 0 Å². The van der Waals surface area contributed by atoms with Crippen molar-refractivity contribution in [2.24, 2.45) is 11.5 Å². The molecular weight excluding hydrogens is 504 g/mol. The fourth-order valence-corrected chi connectivity index (χ4v) is 6.74. The molecule has 1 aliphatic carbocycles. The molecule has 12 heteroatoms. The molecule has 1 saturated heterocycles. The Bertz CT molecular complexity index is 1380. The van der Waals surface area contributed by atoms with Gasteiger partial charge in [-0.3, -0.25) is 0 Å². The summed E-state index contributed by atoms with van der Waals surface area (Å²) >= 11 is 6.39. The van der Waals surface area contributed by atoms with E-state index in [1.807, 2.05) is 22.9 Å². The lowest BCUT2D eigenvalue weighted by molar-refractivity contribution is 0.383. The second kappa shape index (κ2) is 9.71.